The maximum Gasteiger partial charge on any atom is 0.268 e. The quantitative estimate of drug-likeness (QED) is 0.875. The van der Waals surface area contributed by atoms with Crippen molar-refractivity contribution in [2.45, 2.75) is 13.3 Å². The highest BCUT2D eigenvalue weighted by Crippen LogP contribution is 2.24. The Hall–Kier alpha value is -2.83. The van der Waals surface area contributed by atoms with Gasteiger partial charge in [-0.1, -0.05) is 12.1 Å². The van der Waals surface area contributed by atoms with Gasteiger partial charge in [0.1, 0.15) is 5.75 Å². The third-order valence-corrected chi connectivity index (χ3v) is 4.82. The minimum absolute atomic E-state index is 0.120. The molecule has 1 aliphatic heterocycles. The van der Waals surface area contributed by atoms with Crippen LogP contribution in [-0.4, -0.2) is 42.4 Å². The second-order valence-electron chi connectivity index (χ2n) is 6.64. The maximum absolute atomic E-state index is 12.5. The number of hydrogen-bond donors (Lipinski definition) is 1. The van der Waals surface area contributed by atoms with Crippen LogP contribution in [-0.2, 0) is 7.05 Å². The normalized spacial score (nSPS) is 16.6. The first kappa shape index (κ1) is 18.0. The van der Waals surface area contributed by atoms with Crippen LogP contribution in [0.25, 0.3) is 0 Å². The minimum atomic E-state index is -0.126. The Labute approximate surface area is 152 Å². The smallest absolute Gasteiger partial charge is 0.268 e. The Bertz CT molecular complexity index is 862. The lowest BCUT2D eigenvalue weighted by molar-refractivity contribution is 0.0945. The lowest BCUT2D eigenvalue weighted by atomic mass is 10.1. The summed E-state index contributed by atoms with van der Waals surface area (Å²) in [6.07, 6.45) is 2.67. The van der Waals surface area contributed by atoms with Gasteiger partial charge in [-0.25, -0.2) is 4.68 Å². The van der Waals surface area contributed by atoms with Crippen LogP contribution in [0.3, 0.4) is 0 Å². The van der Waals surface area contributed by atoms with Gasteiger partial charge in [0.25, 0.3) is 11.5 Å². The van der Waals surface area contributed by atoms with Crippen LogP contribution in [0.2, 0.25) is 0 Å². The summed E-state index contributed by atoms with van der Waals surface area (Å²) in [4.78, 5) is 26.4. The standard InChI is InChI=1S/C19H24N4O3/c1-13-5-4-6-16(18(13)26-3)19(25)20-10-14-7-8-23(12-14)15-9-17(24)22(2)21-11-15/h4-6,9,11,14H,7-8,10,12H2,1-3H3,(H,20,25)/t14-/m0/s1. The van der Waals surface area contributed by atoms with Crippen LogP contribution >= 0.6 is 0 Å². The maximum atomic E-state index is 12.5. The predicted molar refractivity (Wildman–Crippen MR) is 99.9 cm³/mol. The van der Waals surface area contributed by atoms with Gasteiger partial charge in [-0.15, -0.1) is 0 Å². The van der Waals surface area contributed by atoms with Crippen molar-refractivity contribution in [3.63, 3.8) is 0 Å². The van der Waals surface area contributed by atoms with Gasteiger partial charge in [-0.3, -0.25) is 9.59 Å². The number of carbonyl (C=O) groups excluding carboxylic acids is 1. The number of rotatable bonds is 5. The highest BCUT2D eigenvalue weighted by molar-refractivity contribution is 5.97. The number of aryl methyl sites for hydroxylation is 2. The fourth-order valence-corrected chi connectivity index (χ4v) is 3.30. The van der Waals surface area contributed by atoms with Crippen molar-refractivity contribution in [3.05, 3.63) is 51.9 Å². The van der Waals surface area contributed by atoms with Crippen LogP contribution in [0.5, 0.6) is 5.75 Å². The molecule has 1 aromatic carbocycles. The summed E-state index contributed by atoms with van der Waals surface area (Å²) in [7, 11) is 3.21. The molecule has 7 nitrogen and oxygen atoms in total. The summed E-state index contributed by atoms with van der Waals surface area (Å²) in [5.41, 5.74) is 2.21. The molecule has 1 amide bonds. The molecule has 1 N–H and O–H groups in total. The number of anilines is 1. The van der Waals surface area contributed by atoms with Crippen molar-refractivity contribution < 1.29 is 9.53 Å². The van der Waals surface area contributed by atoms with Crippen LogP contribution in [0.15, 0.2) is 35.3 Å². The molecule has 1 aromatic heterocycles. The number of benzene rings is 1. The number of nitrogens with one attached hydrogen (secondary N) is 1. The zero-order valence-corrected chi connectivity index (χ0v) is 15.4. The number of aromatic nitrogens is 2. The van der Waals surface area contributed by atoms with Gasteiger partial charge in [-0.2, -0.15) is 5.10 Å². The van der Waals surface area contributed by atoms with Crippen molar-refractivity contribution in [2.24, 2.45) is 13.0 Å². The van der Waals surface area contributed by atoms with E-state index in [0.29, 0.717) is 23.8 Å². The first-order valence-electron chi connectivity index (χ1n) is 8.69. The van der Waals surface area contributed by atoms with Gasteiger partial charge in [0.2, 0.25) is 0 Å². The highest BCUT2D eigenvalue weighted by atomic mass is 16.5. The van der Waals surface area contributed by atoms with E-state index in [1.807, 2.05) is 19.1 Å². The Kier molecular flexibility index (Phi) is 5.25. The summed E-state index contributed by atoms with van der Waals surface area (Å²) in [5.74, 6) is 0.822. The third kappa shape index (κ3) is 3.71. The van der Waals surface area contributed by atoms with Crippen molar-refractivity contribution in [2.75, 3.05) is 31.6 Å². The number of amides is 1. The van der Waals surface area contributed by atoms with Crippen LogP contribution in [0, 0.1) is 12.8 Å². The second kappa shape index (κ2) is 7.59. The van der Waals surface area contributed by atoms with Gasteiger partial charge < -0.3 is 15.0 Å². The topological polar surface area (TPSA) is 76.5 Å². The zero-order valence-electron chi connectivity index (χ0n) is 15.4. The van der Waals surface area contributed by atoms with Crippen molar-refractivity contribution in [3.8, 4) is 5.75 Å². The monoisotopic (exact) mass is 356 g/mol. The first-order chi connectivity index (χ1) is 12.5. The molecule has 0 unspecified atom stereocenters. The van der Waals surface area contributed by atoms with E-state index < -0.39 is 0 Å². The molecule has 0 radical (unpaired) electrons. The van der Waals surface area contributed by atoms with Gasteiger partial charge in [0.15, 0.2) is 0 Å². The van der Waals surface area contributed by atoms with E-state index in [0.717, 1.165) is 30.8 Å². The Morgan fingerprint density at radius 1 is 1.42 bits per heavy atom. The Morgan fingerprint density at radius 2 is 2.23 bits per heavy atom. The molecular weight excluding hydrogens is 332 g/mol. The largest absolute Gasteiger partial charge is 0.496 e. The number of hydrogen-bond acceptors (Lipinski definition) is 5. The second-order valence-corrected chi connectivity index (χ2v) is 6.64. The van der Waals surface area contributed by atoms with Crippen LogP contribution in [0.4, 0.5) is 5.69 Å². The number of ether oxygens (including phenoxy) is 1. The molecule has 3 rings (SSSR count). The average Bonchev–Trinajstić information content (AvgIpc) is 3.10. The van der Waals surface area contributed by atoms with E-state index in [1.165, 1.54) is 4.68 Å². The molecule has 0 aliphatic carbocycles. The van der Waals surface area contributed by atoms with Crippen molar-refractivity contribution in [1.29, 1.82) is 0 Å². The van der Waals surface area contributed by atoms with Crippen LogP contribution in [0.1, 0.15) is 22.3 Å². The summed E-state index contributed by atoms with van der Waals surface area (Å²) >= 11 is 0. The molecule has 1 saturated heterocycles. The number of carbonyl (C=O) groups is 1. The van der Waals surface area contributed by atoms with Gasteiger partial charge in [-0.05, 0) is 30.9 Å². The molecular formula is C19H24N4O3. The number of nitrogens with zero attached hydrogens (tertiary/aromatic N) is 3. The molecule has 0 spiro atoms. The van der Waals surface area contributed by atoms with E-state index in [1.54, 1.807) is 32.5 Å². The molecule has 1 atom stereocenters. The van der Waals surface area contributed by atoms with Gasteiger partial charge in [0.05, 0.1) is 24.6 Å². The van der Waals surface area contributed by atoms with E-state index in [-0.39, 0.29) is 11.5 Å². The molecule has 138 valence electrons. The Balaban J connectivity index is 1.59. The lowest BCUT2D eigenvalue weighted by Crippen LogP contribution is -2.31. The number of methoxy groups -OCH3 is 1. The molecule has 26 heavy (non-hydrogen) atoms. The minimum Gasteiger partial charge on any atom is -0.496 e. The molecule has 1 fully saturated rings. The lowest BCUT2D eigenvalue weighted by Gasteiger charge is -2.18. The van der Waals surface area contributed by atoms with E-state index >= 15 is 0 Å². The molecule has 2 aromatic rings. The summed E-state index contributed by atoms with van der Waals surface area (Å²) in [6.45, 7) is 4.15. The number of para-hydroxylation sites is 1. The molecule has 1 aliphatic rings. The van der Waals surface area contributed by atoms with E-state index in [2.05, 4.69) is 15.3 Å². The van der Waals surface area contributed by atoms with E-state index in [9.17, 15) is 9.59 Å². The summed E-state index contributed by atoms with van der Waals surface area (Å²) in [5, 5.41) is 7.08. The molecule has 2 heterocycles. The SMILES string of the molecule is COc1c(C)cccc1C(=O)NC[C@@H]1CCN(c2cnn(C)c(=O)c2)C1. The molecule has 0 bridgehead atoms. The predicted octanol–water partition coefficient (Wildman–Crippen LogP) is 1.35. The molecule has 7 heteroatoms. The third-order valence-electron chi connectivity index (χ3n) is 4.82. The summed E-state index contributed by atoms with van der Waals surface area (Å²) in [6, 6.07) is 7.15. The van der Waals surface area contributed by atoms with Crippen LogP contribution < -0.4 is 20.5 Å². The average molecular weight is 356 g/mol. The highest BCUT2D eigenvalue weighted by Gasteiger charge is 2.24. The fraction of sp³-hybridized carbons (Fsp3) is 0.421. The van der Waals surface area contributed by atoms with Gasteiger partial charge >= 0.3 is 0 Å². The van der Waals surface area contributed by atoms with E-state index in [4.69, 9.17) is 4.74 Å². The first-order valence-corrected chi connectivity index (χ1v) is 8.69. The van der Waals surface area contributed by atoms with Crippen molar-refractivity contribution >= 4 is 11.6 Å². The Morgan fingerprint density at radius 3 is 2.96 bits per heavy atom. The van der Waals surface area contributed by atoms with Gasteiger partial charge in [0, 0.05) is 32.7 Å². The van der Waals surface area contributed by atoms with Crippen molar-refractivity contribution in [1.82, 2.24) is 15.1 Å². The fourth-order valence-electron chi connectivity index (χ4n) is 3.30. The summed E-state index contributed by atoms with van der Waals surface area (Å²) < 4.78 is 6.67. The molecule has 0 saturated carbocycles. The zero-order chi connectivity index (χ0) is 18.7.